The van der Waals surface area contributed by atoms with Gasteiger partial charge in [0.05, 0.1) is 6.26 Å². The van der Waals surface area contributed by atoms with E-state index in [1.54, 1.807) is 24.3 Å². The minimum Gasteiger partial charge on any atom is -0.459 e. The van der Waals surface area contributed by atoms with Crippen LogP contribution in [0.4, 0.5) is 17.2 Å². The molecule has 0 fully saturated rings. The normalized spacial score (nSPS) is 10.2. The van der Waals surface area contributed by atoms with Crippen LogP contribution in [0.1, 0.15) is 16.2 Å². The molecule has 110 valence electrons. The topological polar surface area (TPSA) is 80.0 Å². The maximum absolute atomic E-state index is 11.9. The minimum absolute atomic E-state index is 0.277. The average Bonchev–Trinajstić information content (AvgIpc) is 3.04. The first kappa shape index (κ1) is 13.8. The highest BCUT2D eigenvalue weighted by atomic mass is 16.3. The van der Waals surface area contributed by atoms with Crippen LogP contribution in [0.3, 0.4) is 0 Å². The number of furan rings is 1. The Morgan fingerprint density at radius 1 is 1.09 bits per heavy atom. The van der Waals surface area contributed by atoms with Gasteiger partial charge in [0.25, 0.3) is 5.91 Å². The number of hydrogen-bond donors (Lipinski definition) is 2. The molecule has 0 aliphatic heterocycles. The van der Waals surface area contributed by atoms with Gasteiger partial charge in [-0.3, -0.25) is 4.79 Å². The highest BCUT2D eigenvalue weighted by Crippen LogP contribution is 2.18. The Labute approximate surface area is 127 Å². The van der Waals surface area contributed by atoms with Gasteiger partial charge in [0.1, 0.15) is 12.1 Å². The van der Waals surface area contributed by atoms with Crippen molar-refractivity contribution < 1.29 is 9.21 Å². The summed E-state index contributed by atoms with van der Waals surface area (Å²) in [6.07, 6.45) is 2.97. The second kappa shape index (κ2) is 6.09. The standard InChI is InChI=1S/C16H14N4O2/c1-11-9-15(18-10-17-11)19-12-4-6-13(7-5-12)20-16(21)14-3-2-8-22-14/h2-10H,1H3,(H,20,21)(H,17,18,19). The summed E-state index contributed by atoms with van der Waals surface area (Å²) in [6.45, 7) is 1.90. The van der Waals surface area contributed by atoms with Gasteiger partial charge in [-0.15, -0.1) is 0 Å². The highest BCUT2D eigenvalue weighted by Gasteiger charge is 2.08. The van der Waals surface area contributed by atoms with Gasteiger partial charge in [-0.05, 0) is 43.3 Å². The number of rotatable bonds is 4. The summed E-state index contributed by atoms with van der Waals surface area (Å²) in [6, 6.07) is 12.5. The molecule has 2 heterocycles. The fraction of sp³-hybridized carbons (Fsp3) is 0.0625. The van der Waals surface area contributed by atoms with Crippen LogP contribution >= 0.6 is 0 Å². The number of aryl methyl sites for hydroxylation is 1. The zero-order chi connectivity index (χ0) is 15.4. The zero-order valence-corrected chi connectivity index (χ0v) is 11.9. The van der Waals surface area contributed by atoms with E-state index in [0.29, 0.717) is 5.69 Å². The number of hydrogen-bond acceptors (Lipinski definition) is 5. The predicted molar refractivity (Wildman–Crippen MR) is 83.2 cm³/mol. The number of benzene rings is 1. The number of carbonyl (C=O) groups is 1. The first-order valence-electron chi connectivity index (χ1n) is 6.71. The molecule has 22 heavy (non-hydrogen) atoms. The van der Waals surface area contributed by atoms with E-state index in [4.69, 9.17) is 4.42 Å². The lowest BCUT2D eigenvalue weighted by atomic mass is 10.2. The average molecular weight is 294 g/mol. The van der Waals surface area contributed by atoms with Gasteiger partial charge in [-0.25, -0.2) is 9.97 Å². The van der Waals surface area contributed by atoms with E-state index < -0.39 is 0 Å². The van der Waals surface area contributed by atoms with Gasteiger partial charge in [0.2, 0.25) is 0 Å². The molecule has 1 aromatic carbocycles. The van der Waals surface area contributed by atoms with E-state index in [0.717, 1.165) is 17.2 Å². The van der Waals surface area contributed by atoms with Gasteiger partial charge in [0, 0.05) is 23.1 Å². The van der Waals surface area contributed by atoms with Crippen molar-refractivity contribution in [3.63, 3.8) is 0 Å². The second-order valence-electron chi connectivity index (χ2n) is 4.68. The first-order chi connectivity index (χ1) is 10.7. The van der Waals surface area contributed by atoms with Crippen LogP contribution in [0.5, 0.6) is 0 Å². The Bertz CT molecular complexity index is 767. The number of amides is 1. The zero-order valence-electron chi connectivity index (χ0n) is 11.9. The molecule has 3 rings (SSSR count). The molecule has 0 spiro atoms. The van der Waals surface area contributed by atoms with Crippen LogP contribution in [0.15, 0.2) is 59.5 Å². The summed E-state index contributed by atoms with van der Waals surface area (Å²) in [5.41, 5.74) is 2.44. The van der Waals surface area contributed by atoms with Crippen LogP contribution in [-0.4, -0.2) is 15.9 Å². The first-order valence-corrected chi connectivity index (χ1v) is 6.71. The SMILES string of the molecule is Cc1cc(Nc2ccc(NC(=O)c3ccco3)cc2)ncn1. The van der Waals surface area contributed by atoms with Crippen molar-refractivity contribution in [1.29, 1.82) is 0 Å². The Morgan fingerprint density at radius 3 is 2.55 bits per heavy atom. The molecule has 0 radical (unpaired) electrons. The van der Waals surface area contributed by atoms with Crippen molar-refractivity contribution in [1.82, 2.24) is 9.97 Å². The van der Waals surface area contributed by atoms with Crippen LogP contribution in [0, 0.1) is 6.92 Å². The Kier molecular flexibility index (Phi) is 3.82. The van der Waals surface area contributed by atoms with Gasteiger partial charge < -0.3 is 15.1 Å². The molecular weight excluding hydrogens is 280 g/mol. The van der Waals surface area contributed by atoms with E-state index >= 15 is 0 Å². The van der Waals surface area contributed by atoms with Crippen molar-refractivity contribution in [3.05, 3.63) is 66.5 Å². The van der Waals surface area contributed by atoms with Gasteiger partial charge in [-0.1, -0.05) is 0 Å². The number of anilines is 3. The molecule has 2 aromatic heterocycles. The summed E-state index contributed by atoms with van der Waals surface area (Å²) in [5.74, 6) is 0.718. The van der Waals surface area contributed by atoms with Gasteiger partial charge in [0.15, 0.2) is 5.76 Å². The second-order valence-corrected chi connectivity index (χ2v) is 4.68. The quantitative estimate of drug-likeness (QED) is 0.771. The minimum atomic E-state index is -0.280. The summed E-state index contributed by atoms with van der Waals surface area (Å²) in [7, 11) is 0. The van der Waals surface area contributed by atoms with Crippen molar-refractivity contribution in [2.75, 3.05) is 10.6 Å². The van der Waals surface area contributed by atoms with E-state index in [2.05, 4.69) is 20.6 Å². The van der Waals surface area contributed by atoms with Crippen molar-refractivity contribution in [3.8, 4) is 0 Å². The lowest BCUT2D eigenvalue weighted by Gasteiger charge is -2.07. The summed E-state index contributed by atoms with van der Waals surface area (Å²) < 4.78 is 5.04. The number of carbonyl (C=O) groups excluding carboxylic acids is 1. The van der Waals surface area contributed by atoms with Crippen molar-refractivity contribution >= 4 is 23.1 Å². The van der Waals surface area contributed by atoms with E-state index in [1.807, 2.05) is 25.1 Å². The van der Waals surface area contributed by atoms with Crippen LogP contribution in [0.25, 0.3) is 0 Å². The van der Waals surface area contributed by atoms with Gasteiger partial charge >= 0.3 is 0 Å². The highest BCUT2D eigenvalue weighted by molar-refractivity contribution is 6.02. The van der Waals surface area contributed by atoms with Crippen molar-refractivity contribution in [2.24, 2.45) is 0 Å². The predicted octanol–water partition coefficient (Wildman–Crippen LogP) is 3.37. The fourth-order valence-electron chi connectivity index (χ4n) is 1.91. The molecule has 0 aliphatic carbocycles. The molecule has 1 amide bonds. The molecule has 0 bridgehead atoms. The lowest BCUT2D eigenvalue weighted by Crippen LogP contribution is -2.10. The van der Waals surface area contributed by atoms with Crippen molar-refractivity contribution in [2.45, 2.75) is 6.92 Å². The molecule has 2 N–H and O–H groups in total. The van der Waals surface area contributed by atoms with Crippen LogP contribution < -0.4 is 10.6 Å². The molecule has 0 saturated carbocycles. The van der Waals surface area contributed by atoms with Crippen LogP contribution in [-0.2, 0) is 0 Å². The third-order valence-electron chi connectivity index (χ3n) is 2.96. The molecule has 6 nitrogen and oxygen atoms in total. The Morgan fingerprint density at radius 2 is 1.86 bits per heavy atom. The molecule has 3 aromatic rings. The maximum Gasteiger partial charge on any atom is 0.291 e. The number of aromatic nitrogens is 2. The molecule has 0 saturated heterocycles. The largest absolute Gasteiger partial charge is 0.459 e. The molecule has 0 aliphatic rings. The maximum atomic E-state index is 11.9. The summed E-state index contributed by atoms with van der Waals surface area (Å²) >= 11 is 0. The summed E-state index contributed by atoms with van der Waals surface area (Å²) in [5, 5.41) is 5.93. The molecule has 0 atom stereocenters. The third-order valence-corrected chi connectivity index (χ3v) is 2.96. The smallest absolute Gasteiger partial charge is 0.291 e. The number of nitrogens with one attached hydrogen (secondary N) is 2. The van der Waals surface area contributed by atoms with E-state index in [-0.39, 0.29) is 11.7 Å². The fourth-order valence-corrected chi connectivity index (χ4v) is 1.91. The Balaban J connectivity index is 1.66. The molecule has 0 unspecified atom stereocenters. The third kappa shape index (κ3) is 3.29. The van der Waals surface area contributed by atoms with Crippen LogP contribution in [0.2, 0.25) is 0 Å². The number of nitrogens with zero attached hydrogens (tertiary/aromatic N) is 2. The monoisotopic (exact) mass is 294 g/mol. The summed E-state index contributed by atoms with van der Waals surface area (Å²) in [4.78, 5) is 20.0. The Hall–Kier alpha value is -3.15. The lowest BCUT2D eigenvalue weighted by molar-refractivity contribution is 0.0996. The molecular formula is C16H14N4O2. The molecule has 6 heteroatoms. The van der Waals surface area contributed by atoms with Gasteiger partial charge in [-0.2, -0.15) is 0 Å². The van der Waals surface area contributed by atoms with E-state index in [1.165, 1.54) is 12.6 Å². The van der Waals surface area contributed by atoms with E-state index in [9.17, 15) is 4.79 Å².